The van der Waals surface area contributed by atoms with E-state index in [0.717, 1.165) is 0 Å². The number of halogens is 1. The highest BCUT2D eigenvalue weighted by Crippen LogP contribution is 2.17. The van der Waals surface area contributed by atoms with Gasteiger partial charge in [0, 0.05) is 9.97 Å². The van der Waals surface area contributed by atoms with E-state index in [4.69, 9.17) is 5.73 Å². The number of rotatable bonds is 0. The molecule has 0 saturated carbocycles. The molecule has 0 unspecified atom stereocenters. The lowest BCUT2D eigenvalue weighted by atomic mass is 10.2. The first-order valence-electron chi connectivity index (χ1n) is 3.11. The molecule has 0 aromatic rings. The standard InChI is InChI=1S/C5H10INO2S/c6-4-3-10(8,9)2-1-5(4)7/h4-5H,1-3,7H2/t4-,5+/m1/s1. The maximum absolute atomic E-state index is 10.9. The average molecular weight is 275 g/mol. The van der Waals surface area contributed by atoms with Crippen molar-refractivity contribution in [2.45, 2.75) is 16.4 Å². The summed E-state index contributed by atoms with van der Waals surface area (Å²) in [4.78, 5) is 0. The van der Waals surface area contributed by atoms with Crippen molar-refractivity contribution in [2.75, 3.05) is 11.5 Å². The fourth-order valence-corrected chi connectivity index (χ4v) is 4.48. The third-order valence-electron chi connectivity index (χ3n) is 1.64. The van der Waals surface area contributed by atoms with Gasteiger partial charge in [0.15, 0.2) is 9.84 Å². The molecule has 0 aromatic carbocycles. The zero-order valence-corrected chi connectivity index (χ0v) is 8.43. The van der Waals surface area contributed by atoms with Gasteiger partial charge in [0.2, 0.25) is 0 Å². The molecule has 1 rings (SSSR count). The summed E-state index contributed by atoms with van der Waals surface area (Å²) in [5.74, 6) is 0.530. The highest BCUT2D eigenvalue weighted by Gasteiger charge is 2.28. The van der Waals surface area contributed by atoms with Gasteiger partial charge in [-0.05, 0) is 6.42 Å². The van der Waals surface area contributed by atoms with Crippen LogP contribution in [0.5, 0.6) is 0 Å². The smallest absolute Gasteiger partial charge is 0.151 e. The monoisotopic (exact) mass is 275 g/mol. The lowest BCUT2D eigenvalue weighted by molar-refractivity contribution is 0.558. The summed E-state index contributed by atoms with van der Waals surface area (Å²) >= 11 is 2.10. The van der Waals surface area contributed by atoms with Gasteiger partial charge in [0.25, 0.3) is 0 Å². The second kappa shape index (κ2) is 2.94. The average Bonchev–Trinajstić information content (AvgIpc) is 1.79. The van der Waals surface area contributed by atoms with Crippen LogP contribution >= 0.6 is 22.6 Å². The molecule has 60 valence electrons. The molecule has 10 heavy (non-hydrogen) atoms. The van der Waals surface area contributed by atoms with Crippen LogP contribution in [0.25, 0.3) is 0 Å². The first kappa shape index (κ1) is 8.73. The van der Waals surface area contributed by atoms with Gasteiger partial charge in [-0.3, -0.25) is 0 Å². The van der Waals surface area contributed by atoms with E-state index >= 15 is 0 Å². The molecule has 2 atom stereocenters. The molecule has 0 spiro atoms. The molecule has 0 aromatic heterocycles. The van der Waals surface area contributed by atoms with Crippen molar-refractivity contribution < 1.29 is 8.42 Å². The Labute approximate surface area is 74.4 Å². The van der Waals surface area contributed by atoms with E-state index in [1.807, 2.05) is 0 Å². The zero-order chi connectivity index (χ0) is 7.78. The van der Waals surface area contributed by atoms with E-state index in [1.165, 1.54) is 0 Å². The molecule has 3 nitrogen and oxygen atoms in total. The molecule has 1 heterocycles. The molecule has 1 saturated heterocycles. The maximum Gasteiger partial charge on any atom is 0.151 e. The third kappa shape index (κ3) is 2.06. The molecule has 1 aliphatic heterocycles. The molecule has 0 amide bonds. The summed E-state index contributed by atoms with van der Waals surface area (Å²) in [6, 6.07) is 0.0733. The van der Waals surface area contributed by atoms with E-state index in [9.17, 15) is 8.42 Å². The Hall–Kier alpha value is 0.640. The van der Waals surface area contributed by atoms with Crippen LogP contribution in [0.3, 0.4) is 0 Å². The summed E-state index contributed by atoms with van der Waals surface area (Å²) in [5, 5.41) is 0. The van der Waals surface area contributed by atoms with Crippen LogP contribution in [-0.2, 0) is 9.84 Å². The Morgan fingerprint density at radius 1 is 1.50 bits per heavy atom. The SMILES string of the molecule is N[C@H]1CCS(=O)(=O)C[C@H]1I. The van der Waals surface area contributed by atoms with E-state index in [2.05, 4.69) is 22.6 Å². The number of sulfone groups is 1. The van der Waals surface area contributed by atoms with Gasteiger partial charge in [0.1, 0.15) is 0 Å². The van der Waals surface area contributed by atoms with Gasteiger partial charge < -0.3 is 5.73 Å². The summed E-state index contributed by atoms with van der Waals surface area (Å²) in [7, 11) is -2.75. The van der Waals surface area contributed by atoms with Crippen molar-refractivity contribution in [1.29, 1.82) is 0 Å². The van der Waals surface area contributed by atoms with Crippen LogP contribution in [0.2, 0.25) is 0 Å². The van der Waals surface area contributed by atoms with Crippen molar-refractivity contribution in [3.8, 4) is 0 Å². The van der Waals surface area contributed by atoms with Gasteiger partial charge in [0.05, 0.1) is 11.5 Å². The Kier molecular flexibility index (Phi) is 2.57. The normalized spacial score (nSPS) is 39.4. The van der Waals surface area contributed by atoms with Crippen LogP contribution in [-0.4, -0.2) is 29.9 Å². The van der Waals surface area contributed by atoms with Crippen LogP contribution in [0.4, 0.5) is 0 Å². The number of alkyl halides is 1. The Balaban J connectivity index is 2.66. The Morgan fingerprint density at radius 3 is 2.50 bits per heavy atom. The molecule has 1 fully saturated rings. The zero-order valence-electron chi connectivity index (χ0n) is 5.46. The summed E-state index contributed by atoms with van der Waals surface area (Å²) < 4.78 is 22.0. The Morgan fingerprint density at radius 2 is 2.10 bits per heavy atom. The molecule has 0 radical (unpaired) electrons. The van der Waals surface area contributed by atoms with Crippen LogP contribution in [0, 0.1) is 0 Å². The van der Waals surface area contributed by atoms with E-state index in [-0.39, 0.29) is 21.5 Å². The van der Waals surface area contributed by atoms with Crippen molar-refractivity contribution in [1.82, 2.24) is 0 Å². The first-order valence-corrected chi connectivity index (χ1v) is 6.18. The maximum atomic E-state index is 10.9. The molecular formula is C5H10INO2S. The Bertz CT molecular complexity index is 214. The van der Waals surface area contributed by atoms with E-state index < -0.39 is 9.84 Å². The highest BCUT2D eigenvalue weighted by atomic mass is 127. The van der Waals surface area contributed by atoms with E-state index in [1.54, 1.807) is 0 Å². The first-order chi connectivity index (χ1) is 4.51. The van der Waals surface area contributed by atoms with Gasteiger partial charge in [-0.15, -0.1) is 0 Å². The van der Waals surface area contributed by atoms with Gasteiger partial charge in [-0.1, -0.05) is 22.6 Å². The minimum absolute atomic E-state index is 0.0733. The molecule has 0 bridgehead atoms. The van der Waals surface area contributed by atoms with Gasteiger partial charge in [-0.25, -0.2) is 8.42 Å². The fraction of sp³-hybridized carbons (Fsp3) is 1.00. The van der Waals surface area contributed by atoms with Crippen LogP contribution < -0.4 is 5.73 Å². The molecule has 2 N–H and O–H groups in total. The highest BCUT2D eigenvalue weighted by molar-refractivity contribution is 14.1. The topological polar surface area (TPSA) is 60.2 Å². The quantitative estimate of drug-likeness (QED) is 0.497. The van der Waals surface area contributed by atoms with Crippen molar-refractivity contribution >= 4 is 32.4 Å². The molecular weight excluding hydrogens is 265 g/mol. The van der Waals surface area contributed by atoms with Crippen LogP contribution in [0.15, 0.2) is 0 Å². The summed E-state index contributed by atoms with van der Waals surface area (Å²) in [6.07, 6.45) is 0.621. The van der Waals surface area contributed by atoms with E-state index in [0.29, 0.717) is 6.42 Å². The lowest BCUT2D eigenvalue weighted by Crippen LogP contribution is -2.42. The fourth-order valence-electron chi connectivity index (χ4n) is 0.946. The minimum atomic E-state index is -2.75. The van der Waals surface area contributed by atoms with Crippen molar-refractivity contribution in [2.24, 2.45) is 5.73 Å². The third-order valence-corrected chi connectivity index (χ3v) is 5.33. The minimum Gasteiger partial charge on any atom is -0.327 e. The lowest BCUT2D eigenvalue weighted by Gasteiger charge is -2.23. The van der Waals surface area contributed by atoms with Crippen molar-refractivity contribution in [3.05, 3.63) is 0 Å². The number of nitrogens with two attached hydrogens (primary N) is 1. The summed E-state index contributed by atoms with van der Waals surface area (Å²) in [6.45, 7) is 0. The van der Waals surface area contributed by atoms with Gasteiger partial charge in [-0.2, -0.15) is 0 Å². The molecule has 0 aliphatic carbocycles. The summed E-state index contributed by atoms with van der Waals surface area (Å²) in [5.41, 5.74) is 5.63. The molecule has 5 heteroatoms. The molecule has 1 aliphatic rings. The van der Waals surface area contributed by atoms with Crippen molar-refractivity contribution in [3.63, 3.8) is 0 Å². The number of hydrogen-bond donors (Lipinski definition) is 1. The predicted octanol–water partition coefficient (Wildman–Crippen LogP) is -0.0642. The second-order valence-corrected chi connectivity index (χ2v) is 6.41. The number of hydrogen-bond acceptors (Lipinski definition) is 3. The van der Waals surface area contributed by atoms with Crippen LogP contribution in [0.1, 0.15) is 6.42 Å². The predicted molar refractivity (Wildman–Crippen MR) is 49.1 cm³/mol. The second-order valence-electron chi connectivity index (χ2n) is 2.58. The largest absolute Gasteiger partial charge is 0.327 e. The van der Waals surface area contributed by atoms with Gasteiger partial charge >= 0.3 is 0 Å².